The van der Waals surface area contributed by atoms with E-state index in [0.29, 0.717) is 0 Å². The fraction of sp³-hybridized carbons (Fsp3) is 1.00. The van der Waals surface area contributed by atoms with Gasteiger partial charge in [0, 0.05) is 12.1 Å². The van der Waals surface area contributed by atoms with Crippen molar-refractivity contribution in [3.05, 3.63) is 0 Å². The number of hydrogen-bond donors (Lipinski definition) is 1. The zero-order chi connectivity index (χ0) is 10.6. The Hall–Kier alpha value is -0.0400. The highest BCUT2D eigenvalue weighted by atomic mass is 15.0. The van der Waals surface area contributed by atoms with Crippen molar-refractivity contribution in [3.8, 4) is 0 Å². The first-order chi connectivity index (χ1) is 6.58. The molecule has 1 N–H and O–H groups in total. The van der Waals surface area contributed by atoms with Gasteiger partial charge in [-0.2, -0.15) is 0 Å². The predicted octanol–water partition coefficient (Wildman–Crippen LogP) is 3.59. The molecule has 0 amide bonds. The maximum absolute atomic E-state index is 3.82. The summed E-state index contributed by atoms with van der Waals surface area (Å²) in [5.74, 6) is 1.65. The van der Waals surface area contributed by atoms with E-state index in [4.69, 9.17) is 0 Å². The zero-order valence-electron chi connectivity index (χ0n) is 10.3. The topological polar surface area (TPSA) is 12.0 Å². The summed E-state index contributed by atoms with van der Waals surface area (Å²) < 4.78 is 0. The normalized spacial score (nSPS) is 18.2. The summed E-state index contributed by atoms with van der Waals surface area (Å²) in [4.78, 5) is 0. The average molecular weight is 197 g/mol. The van der Waals surface area contributed by atoms with Gasteiger partial charge in [0.05, 0.1) is 0 Å². The summed E-state index contributed by atoms with van der Waals surface area (Å²) >= 11 is 0. The minimum absolute atomic E-state index is 0.764. The molecule has 0 aliphatic heterocycles. The molecule has 1 aliphatic rings. The van der Waals surface area contributed by atoms with E-state index in [1.807, 2.05) is 0 Å². The Balaban J connectivity index is 2.26. The lowest BCUT2D eigenvalue weighted by Crippen LogP contribution is -2.43. The maximum atomic E-state index is 3.82. The minimum Gasteiger partial charge on any atom is -0.311 e. The molecule has 1 fully saturated rings. The standard InChI is InChI=1S/C13H27N/c1-10(2)8-13(9-11(3)4)14-12-6-5-7-12/h10-14H,5-9H2,1-4H3. The van der Waals surface area contributed by atoms with Crippen LogP contribution in [0.2, 0.25) is 0 Å². The van der Waals surface area contributed by atoms with Gasteiger partial charge in [-0.3, -0.25) is 0 Å². The molecule has 1 heteroatoms. The van der Waals surface area contributed by atoms with Crippen molar-refractivity contribution in [2.45, 2.75) is 71.9 Å². The van der Waals surface area contributed by atoms with Gasteiger partial charge in [0.25, 0.3) is 0 Å². The highest BCUT2D eigenvalue weighted by molar-refractivity contribution is 4.81. The van der Waals surface area contributed by atoms with Gasteiger partial charge >= 0.3 is 0 Å². The van der Waals surface area contributed by atoms with Crippen LogP contribution in [0.4, 0.5) is 0 Å². The second-order valence-corrected chi connectivity index (χ2v) is 5.75. The van der Waals surface area contributed by atoms with Crippen LogP contribution in [0.1, 0.15) is 59.8 Å². The van der Waals surface area contributed by atoms with E-state index in [9.17, 15) is 0 Å². The van der Waals surface area contributed by atoms with Crippen molar-refractivity contribution in [2.24, 2.45) is 11.8 Å². The smallest absolute Gasteiger partial charge is 0.00745 e. The van der Waals surface area contributed by atoms with Gasteiger partial charge < -0.3 is 5.32 Å². The van der Waals surface area contributed by atoms with E-state index in [1.54, 1.807) is 0 Å². The maximum Gasteiger partial charge on any atom is 0.00745 e. The Morgan fingerprint density at radius 3 is 1.79 bits per heavy atom. The van der Waals surface area contributed by atoms with Crippen molar-refractivity contribution in [3.63, 3.8) is 0 Å². The van der Waals surface area contributed by atoms with Crippen LogP contribution in [0.25, 0.3) is 0 Å². The van der Waals surface area contributed by atoms with E-state index >= 15 is 0 Å². The molecule has 0 radical (unpaired) electrons. The molecular weight excluding hydrogens is 170 g/mol. The summed E-state index contributed by atoms with van der Waals surface area (Å²) in [5, 5.41) is 3.82. The Bertz CT molecular complexity index is 137. The third-order valence-corrected chi connectivity index (χ3v) is 3.09. The van der Waals surface area contributed by atoms with Gasteiger partial charge in [-0.1, -0.05) is 34.1 Å². The molecule has 84 valence electrons. The Morgan fingerprint density at radius 2 is 1.50 bits per heavy atom. The summed E-state index contributed by atoms with van der Waals surface area (Å²) in [7, 11) is 0. The number of hydrogen-bond acceptors (Lipinski definition) is 1. The first-order valence-electron chi connectivity index (χ1n) is 6.34. The van der Waals surface area contributed by atoms with Gasteiger partial charge in [-0.25, -0.2) is 0 Å². The molecule has 0 atom stereocenters. The van der Waals surface area contributed by atoms with Crippen molar-refractivity contribution in [2.75, 3.05) is 0 Å². The molecule has 14 heavy (non-hydrogen) atoms. The van der Waals surface area contributed by atoms with E-state index in [-0.39, 0.29) is 0 Å². The van der Waals surface area contributed by atoms with E-state index < -0.39 is 0 Å². The molecule has 0 aromatic carbocycles. The molecule has 1 rings (SSSR count). The molecule has 0 saturated heterocycles. The third-order valence-electron chi connectivity index (χ3n) is 3.09. The van der Waals surface area contributed by atoms with Gasteiger partial charge in [0.2, 0.25) is 0 Å². The highest BCUT2D eigenvalue weighted by Crippen LogP contribution is 2.22. The van der Waals surface area contributed by atoms with Crippen LogP contribution in [-0.4, -0.2) is 12.1 Å². The predicted molar refractivity (Wildman–Crippen MR) is 63.5 cm³/mol. The van der Waals surface area contributed by atoms with Crippen molar-refractivity contribution < 1.29 is 0 Å². The van der Waals surface area contributed by atoms with Crippen molar-refractivity contribution >= 4 is 0 Å². The van der Waals surface area contributed by atoms with E-state index in [0.717, 1.165) is 23.9 Å². The zero-order valence-corrected chi connectivity index (χ0v) is 10.3. The molecular formula is C13H27N. The van der Waals surface area contributed by atoms with Crippen molar-refractivity contribution in [1.29, 1.82) is 0 Å². The van der Waals surface area contributed by atoms with Crippen LogP contribution in [0.15, 0.2) is 0 Å². The third kappa shape index (κ3) is 4.45. The molecule has 0 spiro atoms. The quantitative estimate of drug-likeness (QED) is 0.686. The summed E-state index contributed by atoms with van der Waals surface area (Å²) in [6.07, 6.45) is 6.94. The second-order valence-electron chi connectivity index (χ2n) is 5.75. The monoisotopic (exact) mass is 197 g/mol. The largest absolute Gasteiger partial charge is 0.311 e. The second kappa shape index (κ2) is 5.75. The van der Waals surface area contributed by atoms with Crippen LogP contribution in [-0.2, 0) is 0 Å². The Labute approximate surface area is 89.7 Å². The number of rotatable bonds is 6. The lowest BCUT2D eigenvalue weighted by atomic mass is 9.89. The average Bonchev–Trinajstić information content (AvgIpc) is 1.94. The highest BCUT2D eigenvalue weighted by Gasteiger charge is 2.21. The molecule has 0 heterocycles. The molecule has 1 saturated carbocycles. The number of nitrogens with one attached hydrogen (secondary N) is 1. The fourth-order valence-electron chi connectivity index (χ4n) is 2.28. The summed E-state index contributed by atoms with van der Waals surface area (Å²) in [6.45, 7) is 9.32. The first kappa shape index (κ1) is 12.0. The fourth-order valence-corrected chi connectivity index (χ4v) is 2.28. The SMILES string of the molecule is CC(C)CC(CC(C)C)NC1CCC1. The molecule has 0 bridgehead atoms. The lowest BCUT2D eigenvalue weighted by Gasteiger charge is -2.33. The van der Waals surface area contributed by atoms with Gasteiger partial charge in [0.15, 0.2) is 0 Å². The Kier molecular flexibility index (Phi) is 4.94. The Morgan fingerprint density at radius 1 is 1.00 bits per heavy atom. The molecule has 0 aromatic rings. The first-order valence-corrected chi connectivity index (χ1v) is 6.34. The van der Waals surface area contributed by atoms with Crippen LogP contribution < -0.4 is 5.32 Å². The van der Waals surface area contributed by atoms with Crippen molar-refractivity contribution in [1.82, 2.24) is 5.32 Å². The van der Waals surface area contributed by atoms with E-state index in [1.165, 1.54) is 32.1 Å². The molecule has 1 nitrogen and oxygen atoms in total. The van der Waals surface area contributed by atoms with Gasteiger partial charge in [-0.05, 0) is 37.5 Å². The van der Waals surface area contributed by atoms with Crippen LogP contribution in [0, 0.1) is 11.8 Å². The van der Waals surface area contributed by atoms with Gasteiger partial charge in [0.1, 0.15) is 0 Å². The van der Waals surface area contributed by atoms with Gasteiger partial charge in [-0.15, -0.1) is 0 Å². The van der Waals surface area contributed by atoms with Crippen LogP contribution >= 0.6 is 0 Å². The summed E-state index contributed by atoms with van der Waals surface area (Å²) in [5.41, 5.74) is 0. The molecule has 1 aliphatic carbocycles. The minimum atomic E-state index is 0.764. The van der Waals surface area contributed by atoms with E-state index in [2.05, 4.69) is 33.0 Å². The van der Waals surface area contributed by atoms with Crippen LogP contribution in [0.3, 0.4) is 0 Å². The molecule has 0 aromatic heterocycles. The molecule has 0 unspecified atom stereocenters. The lowest BCUT2D eigenvalue weighted by molar-refractivity contribution is 0.261. The van der Waals surface area contributed by atoms with Crippen LogP contribution in [0.5, 0.6) is 0 Å². The summed E-state index contributed by atoms with van der Waals surface area (Å²) in [6, 6.07) is 1.61.